The third-order valence-corrected chi connectivity index (χ3v) is 3.18. The van der Waals surface area contributed by atoms with Gasteiger partial charge in [0.15, 0.2) is 0 Å². The number of para-hydroxylation sites is 1. The maximum absolute atomic E-state index is 12.1. The van der Waals surface area contributed by atoms with Gasteiger partial charge in [-0.15, -0.1) is 0 Å². The van der Waals surface area contributed by atoms with E-state index >= 15 is 0 Å². The minimum absolute atomic E-state index is 0.340. The highest BCUT2D eigenvalue weighted by atomic mass is 16.2. The average molecular weight is 304 g/mol. The molecule has 0 spiro atoms. The van der Waals surface area contributed by atoms with Gasteiger partial charge in [-0.1, -0.05) is 48.5 Å². The van der Waals surface area contributed by atoms with Crippen LogP contribution in [0.3, 0.4) is 0 Å². The molecule has 3 aromatic rings. The Morgan fingerprint density at radius 2 is 1.52 bits per heavy atom. The van der Waals surface area contributed by atoms with Gasteiger partial charge >= 0.3 is 6.03 Å². The first-order chi connectivity index (χ1) is 11.2. The van der Waals surface area contributed by atoms with Crippen LogP contribution in [-0.4, -0.2) is 16.0 Å². The Kier molecular flexibility index (Phi) is 4.29. The third kappa shape index (κ3) is 3.91. The molecule has 114 valence electrons. The lowest BCUT2D eigenvalue weighted by atomic mass is 10.1. The molecule has 2 amide bonds. The van der Waals surface area contributed by atoms with E-state index in [1.54, 1.807) is 13.0 Å². The summed E-state index contributed by atoms with van der Waals surface area (Å²) in [6, 6.07) is 20.4. The normalized spacial score (nSPS) is 10.1. The van der Waals surface area contributed by atoms with Crippen molar-refractivity contribution in [1.29, 1.82) is 0 Å². The van der Waals surface area contributed by atoms with E-state index in [4.69, 9.17) is 0 Å². The van der Waals surface area contributed by atoms with Gasteiger partial charge in [-0.05, 0) is 19.1 Å². The van der Waals surface area contributed by atoms with Crippen molar-refractivity contribution in [2.75, 3.05) is 10.6 Å². The number of carbonyl (C=O) groups excluding carboxylic acids is 1. The van der Waals surface area contributed by atoms with Crippen LogP contribution in [0.2, 0.25) is 0 Å². The number of rotatable bonds is 3. The smallest absolute Gasteiger partial charge is 0.308 e. The molecule has 0 bridgehead atoms. The number of carbonyl (C=O) groups is 1. The van der Waals surface area contributed by atoms with Crippen LogP contribution >= 0.6 is 0 Å². The highest BCUT2D eigenvalue weighted by molar-refractivity contribution is 5.99. The molecule has 5 heteroatoms. The summed E-state index contributed by atoms with van der Waals surface area (Å²) in [5.74, 6) is 1.06. The molecule has 0 aliphatic heterocycles. The second-order valence-electron chi connectivity index (χ2n) is 5.00. The summed E-state index contributed by atoms with van der Waals surface area (Å²) in [7, 11) is 0. The van der Waals surface area contributed by atoms with Crippen LogP contribution in [0.4, 0.5) is 16.3 Å². The quantitative estimate of drug-likeness (QED) is 0.765. The Bertz CT molecular complexity index is 804. The lowest BCUT2D eigenvalue weighted by Crippen LogP contribution is -2.20. The number of nitrogens with zero attached hydrogens (tertiary/aromatic N) is 2. The van der Waals surface area contributed by atoms with Crippen LogP contribution in [0.25, 0.3) is 11.3 Å². The van der Waals surface area contributed by atoms with Crippen molar-refractivity contribution in [3.8, 4) is 11.3 Å². The van der Waals surface area contributed by atoms with E-state index in [0.717, 1.165) is 16.9 Å². The standard InChI is InChI=1S/C18H16N4O/c1-13-19-16(14-8-4-2-5-9-14)12-17(20-13)22-18(23)21-15-10-6-3-7-11-15/h2-12H,1H3,(H2,19,20,21,22,23). The fourth-order valence-corrected chi connectivity index (χ4v) is 2.19. The van der Waals surface area contributed by atoms with Crippen molar-refractivity contribution in [1.82, 2.24) is 9.97 Å². The van der Waals surface area contributed by atoms with Crippen LogP contribution in [-0.2, 0) is 0 Å². The van der Waals surface area contributed by atoms with Crippen molar-refractivity contribution < 1.29 is 4.79 Å². The zero-order valence-corrected chi connectivity index (χ0v) is 12.7. The van der Waals surface area contributed by atoms with Gasteiger partial charge in [0.05, 0.1) is 5.69 Å². The number of nitrogens with one attached hydrogen (secondary N) is 2. The molecule has 0 atom stereocenters. The van der Waals surface area contributed by atoms with E-state index in [9.17, 15) is 4.79 Å². The largest absolute Gasteiger partial charge is 0.324 e. The molecular weight excluding hydrogens is 288 g/mol. The predicted octanol–water partition coefficient (Wildman–Crippen LogP) is 4.10. The second kappa shape index (κ2) is 6.70. The number of hydrogen-bond donors (Lipinski definition) is 2. The van der Waals surface area contributed by atoms with E-state index in [2.05, 4.69) is 20.6 Å². The number of urea groups is 1. The van der Waals surface area contributed by atoms with Crippen molar-refractivity contribution in [3.05, 3.63) is 72.6 Å². The Hall–Kier alpha value is -3.21. The van der Waals surface area contributed by atoms with Crippen molar-refractivity contribution in [2.45, 2.75) is 6.92 Å². The number of benzene rings is 2. The van der Waals surface area contributed by atoms with E-state index < -0.39 is 0 Å². The number of aromatic nitrogens is 2. The molecule has 0 fully saturated rings. The first-order valence-electron chi connectivity index (χ1n) is 7.25. The fourth-order valence-electron chi connectivity index (χ4n) is 2.19. The monoisotopic (exact) mass is 304 g/mol. The molecule has 0 unspecified atom stereocenters. The van der Waals surface area contributed by atoms with Gasteiger partial charge in [-0.25, -0.2) is 14.8 Å². The van der Waals surface area contributed by atoms with Crippen LogP contribution in [0.5, 0.6) is 0 Å². The molecule has 23 heavy (non-hydrogen) atoms. The lowest BCUT2D eigenvalue weighted by molar-refractivity contribution is 0.262. The topological polar surface area (TPSA) is 66.9 Å². The highest BCUT2D eigenvalue weighted by Crippen LogP contribution is 2.19. The number of hydrogen-bond acceptors (Lipinski definition) is 3. The molecule has 5 nitrogen and oxygen atoms in total. The van der Waals surface area contributed by atoms with E-state index in [-0.39, 0.29) is 6.03 Å². The number of amides is 2. The van der Waals surface area contributed by atoms with Crippen LogP contribution in [0.15, 0.2) is 66.7 Å². The molecule has 3 rings (SSSR count). The summed E-state index contributed by atoms with van der Waals surface area (Å²) in [6.45, 7) is 1.80. The summed E-state index contributed by atoms with van der Waals surface area (Å²) >= 11 is 0. The van der Waals surface area contributed by atoms with Crippen LogP contribution in [0, 0.1) is 6.92 Å². The van der Waals surface area contributed by atoms with Gasteiger partial charge in [0.1, 0.15) is 11.6 Å². The molecule has 0 saturated carbocycles. The second-order valence-corrected chi connectivity index (χ2v) is 5.00. The lowest BCUT2D eigenvalue weighted by Gasteiger charge is -2.09. The maximum atomic E-state index is 12.1. The predicted molar refractivity (Wildman–Crippen MR) is 91.3 cm³/mol. The molecule has 0 radical (unpaired) electrons. The third-order valence-electron chi connectivity index (χ3n) is 3.18. The molecule has 2 N–H and O–H groups in total. The first-order valence-corrected chi connectivity index (χ1v) is 7.25. The van der Waals surface area contributed by atoms with Gasteiger partial charge < -0.3 is 5.32 Å². The molecule has 1 aromatic heterocycles. The average Bonchev–Trinajstić information content (AvgIpc) is 2.56. The minimum Gasteiger partial charge on any atom is -0.308 e. The molecule has 2 aromatic carbocycles. The van der Waals surface area contributed by atoms with E-state index in [0.29, 0.717) is 11.6 Å². The zero-order valence-electron chi connectivity index (χ0n) is 12.7. The van der Waals surface area contributed by atoms with Crippen molar-refractivity contribution in [2.24, 2.45) is 0 Å². The number of aryl methyl sites for hydroxylation is 1. The van der Waals surface area contributed by atoms with Gasteiger partial charge in [0.2, 0.25) is 0 Å². The van der Waals surface area contributed by atoms with Crippen LogP contribution < -0.4 is 10.6 Å². The molecule has 1 heterocycles. The van der Waals surface area contributed by atoms with E-state index in [1.165, 1.54) is 0 Å². The fraction of sp³-hybridized carbons (Fsp3) is 0.0556. The van der Waals surface area contributed by atoms with Gasteiger partial charge in [-0.2, -0.15) is 0 Å². The maximum Gasteiger partial charge on any atom is 0.324 e. The number of anilines is 2. The first kappa shape index (κ1) is 14.7. The van der Waals surface area contributed by atoms with Crippen molar-refractivity contribution >= 4 is 17.5 Å². The summed E-state index contributed by atoms with van der Waals surface area (Å²) in [4.78, 5) is 20.7. The Morgan fingerprint density at radius 1 is 0.870 bits per heavy atom. The van der Waals surface area contributed by atoms with E-state index in [1.807, 2.05) is 60.7 Å². The molecule has 0 saturated heterocycles. The Morgan fingerprint density at radius 3 is 2.22 bits per heavy atom. The highest BCUT2D eigenvalue weighted by Gasteiger charge is 2.07. The summed E-state index contributed by atoms with van der Waals surface area (Å²) in [5, 5.41) is 5.50. The van der Waals surface area contributed by atoms with Crippen LogP contribution in [0.1, 0.15) is 5.82 Å². The molecular formula is C18H16N4O. The zero-order chi connectivity index (χ0) is 16.1. The van der Waals surface area contributed by atoms with Gasteiger partial charge in [-0.3, -0.25) is 5.32 Å². The van der Waals surface area contributed by atoms with Gasteiger partial charge in [0.25, 0.3) is 0 Å². The SMILES string of the molecule is Cc1nc(NC(=O)Nc2ccccc2)cc(-c2ccccc2)n1. The molecule has 0 aliphatic rings. The van der Waals surface area contributed by atoms with Crippen molar-refractivity contribution in [3.63, 3.8) is 0 Å². The summed E-state index contributed by atoms with van der Waals surface area (Å²) in [6.07, 6.45) is 0. The minimum atomic E-state index is -0.340. The Labute approximate surface area is 134 Å². The van der Waals surface area contributed by atoms with Gasteiger partial charge in [0, 0.05) is 17.3 Å². The summed E-state index contributed by atoms with van der Waals surface area (Å²) in [5.41, 5.74) is 2.47. The summed E-state index contributed by atoms with van der Waals surface area (Å²) < 4.78 is 0. The Balaban J connectivity index is 1.78. The molecule has 0 aliphatic carbocycles.